The number of hydrogen-bond donors (Lipinski definition) is 10. The van der Waals surface area contributed by atoms with E-state index in [9.17, 15) is 71.9 Å². The molecule has 0 saturated heterocycles. The van der Waals surface area contributed by atoms with Gasteiger partial charge in [-0.1, -0.05) is 260 Å². The number of carbonyl (C=O) groups excluding carboxylic acids is 15. The van der Waals surface area contributed by atoms with Crippen molar-refractivity contribution in [3.05, 3.63) is 280 Å². The van der Waals surface area contributed by atoms with Crippen LogP contribution in [0.5, 0.6) is 0 Å². The SMILES string of the molecule is CC(C)CC(NC(=O)c1cn(C)nc1-c1ccccc1)C(=O)C(N)=O.CCCCC(NC(=O)c1cn(C)nc1-c1ccccc1)C(=O)C(N)=O.Cn1cc(C(=O)NC(CC(C)(C)C)C(=O)C(N)=O)c(-c2ccccc2)n1.Cn1cc(C(=O)NC(CCc2ccccc2)C(=O)C(N)=O)c(-c2ccccc2)n1.Cn1cc(C(=O)NC(Cc2cc(Cl)cc(Cl)c2)C(=O)C(N)=O)c(-c2ccccc2)n1. The first-order chi connectivity index (χ1) is 64.0. The Morgan fingerprint density at radius 3 is 0.852 bits per heavy atom. The smallest absolute Gasteiger partial charge is 0.287 e. The van der Waals surface area contributed by atoms with Gasteiger partial charge in [-0.15, -0.1) is 0 Å². The summed E-state index contributed by atoms with van der Waals surface area (Å²) in [4.78, 5) is 182. The standard InChI is InChI=1S/C22H22N4O3.C21H18Cl2N4O3.C19H24N4O3.2C18H22N4O3/c1-26-14-17(19(25-26)16-10-6-3-7-11-16)22(29)24-18(20(27)21(23)28)13-12-15-8-4-2-5-9-15;1-27-11-16(18(26-27)13-5-3-2-4-6-13)21(30)25-17(19(28)20(24)29)9-12-7-14(22)10-15(23)8-12;1-19(2,3)10-14(16(24)17(20)25)21-18(26)13-11-23(4)22-15(13)12-8-6-5-7-9-12;1-11(2)9-14(16(23)17(19)24)20-18(25)13-10-22(3)21-15(13)12-7-5-4-6-8-12;1-3-4-10-14(16(23)17(19)24)20-18(25)13-11-22(2)21-15(13)12-8-6-5-7-9-12/h2-11,14,18H,12-13H2,1H3,(H2,23,28)(H,24,29);2-8,10-11,17H,9H2,1H3,(H2,24,29)(H,25,30);5-9,11,14H,10H2,1-4H3,(H2,20,25)(H,21,26);4-8,10-11,14H,9H2,1-3H3,(H2,19,24)(H,20,25);5-9,11,14H,3-4,10H2,1-2H3,(H2,19,24)(H,20,25). The molecule has 10 amide bonds. The van der Waals surface area contributed by atoms with E-state index in [1.807, 2.05) is 224 Å². The molecule has 5 unspecified atom stereocenters. The number of hydrogen-bond acceptors (Lipinski definition) is 20. The minimum Gasteiger partial charge on any atom is -0.363 e. The fourth-order valence-electron chi connectivity index (χ4n) is 14.0. The number of ketones is 5. The van der Waals surface area contributed by atoms with Crippen LogP contribution in [0.4, 0.5) is 0 Å². The van der Waals surface area contributed by atoms with Gasteiger partial charge in [0.25, 0.3) is 59.1 Å². The first-order valence-corrected chi connectivity index (χ1v) is 43.4. The lowest BCUT2D eigenvalue weighted by molar-refractivity contribution is -0.137. The third-order valence-corrected chi connectivity index (χ3v) is 20.7. The highest BCUT2D eigenvalue weighted by Gasteiger charge is 2.35. The van der Waals surface area contributed by atoms with E-state index in [0.717, 1.165) is 39.8 Å². The van der Waals surface area contributed by atoms with Crippen LogP contribution < -0.4 is 55.3 Å². The third kappa shape index (κ3) is 31.2. The summed E-state index contributed by atoms with van der Waals surface area (Å²) < 4.78 is 7.63. The number of carbonyl (C=O) groups is 15. The van der Waals surface area contributed by atoms with E-state index in [2.05, 4.69) is 52.1 Å². The summed E-state index contributed by atoms with van der Waals surface area (Å²) in [5, 5.41) is 35.6. The predicted molar refractivity (Wildman–Crippen MR) is 508 cm³/mol. The second kappa shape index (κ2) is 49.5. The van der Waals surface area contributed by atoms with Crippen LogP contribution in [0.15, 0.2) is 231 Å². The molecule has 0 radical (unpaired) electrons. The zero-order valence-electron chi connectivity index (χ0n) is 76.3. The lowest BCUT2D eigenvalue weighted by Gasteiger charge is -2.25. The van der Waals surface area contributed by atoms with Crippen LogP contribution in [0, 0.1) is 11.3 Å². The number of unbranched alkanes of at least 4 members (excludes halogenated alkanes) is 1. The second-order valence-corrected chi connectivity index (χ2v) is 33.8. The van der Waals surface area contributed by atoms with Gasteiger partial charge in [0.1, 0.15) is 34.5 Å². The number of aryl methyl sites for hydroxylation is 6. The molecule has 0 aliphatic heterocycles. The van der Waals surface area contributed by atoms with Crippen molar-refractivity contribution in [1.29, 1.82) is 0 Å². The molecule has 15 N–H and O–H groups in total. The zero-order chi connectivity index (χ0) is 99.1. The summed E-state index contributed by atoms with van der Waals surface area (Å²) in [5.41, 5.74) is 34.9. The molecule has 7 aromatic carbocycles. The van der Waals surface area contributed by atoms with E-state index in [0.29, 0.717) is 98.4 Å². The van der Waals surface area contributed by atoms with E-state index >= 15 is 0 Å². The molecule has 5 atom stereocenters. The monoisotopic (exact) mass is 1870 g/mol. The summed E-state index contributed by atoms with van der Waals surface area (Å²) in [7, 11) is 8.54. The topological polar surface area (TPSA) is 535 Å². The predicted octanol–water partition coefficient (Wildman–Crippen LogP) is 9.05. The van der Waals surface area contributed by atoms with Gasteiger partial charge in [0.2, 0.25) is 28.9 Å². The maximum Gasteiger partial charge on any atom is 0.287 e. The van der Waals surface area contributed by atoms with Gasteiger partial charge in [-0.25, -0.2) is 0 Å². The number of benzene rings is 7. The van der Waals surface area contributed by atoms with E-state index < -0.39 is 118 Å². The first-order valence-electron chi connectivity index (χ1n) is 42.7. The molecule has 5 heterocycles. The molecule has 37 heteroatoms. The Labute approximate surface area is 789 Å². The maximum absolute atomic E-state index is 13.0. The number of primary amides is 5. The minimum absolute atomic E-state index is 0.00523. The summed E-state index contributed by atoms with van der Waals surface area (Å²) in [5.74, 6) is -11.8. The van der Waals surface area contributed by atoms with Crippen molar-refractivity contribution in [1.82, 2.24) is 75.5 Å². The van der Waals surface area contributed by atoms with Crippen molar-refractivity contribution >= 4 is 111 Å². The van der Waals surface area contributed by atoms with Gasteiger partial charge < -0.3 is 55.3 Å². The number of nitrogens with one attached hydrogen (secondary N) is 5. The molecule has 35 nitrogen and oxygen atoms in total. The lowest BCUT2D eigenvalue weighted by atomic mass is 9.86. The normalized spacial score (nSPS) is 11.9. The van der Waals surface area contributed by atoms with Crippen molar-refractivity contribution < 1.29 is 71.9 Å². The van der Waals surface area contributed by atoms with Crippen molar-refractivity contribution in [2.45, 2.75) is 123 Å². The van der Waals surface area contributed by atoms with Crippen LogP contribution in [0.3, 0.4) is 0 Å². The maximum atomic E-state index is 13.0. The van der Waals surface area contributed by atoms with Gasteiger partial charge in [-0.3, -0.25) is 95.3 Å². The van der Waals surface area contributed by atoms with Crippen LogP contribution in [-0.2, 0) is 96.0 Å². The number of amides is 10. The summed E-state index contributed by atoms with van der Waals surface area (Å²) in [6, 6.07) is 55.4. The van der Waals surface area contributed by atoms with E-state index in [-0.39, 0.29) is 29.7 Å². The zero-order valence-corrected chi connectivity index (χ0v) is 77.8. The van der Waals surface area contributed by atoms with Crippen LogP contribution in [0.1, 0.15) is 143 Å². The molecule has 0 spiro atoms. The number of aromatic nitrogens is 10. The third-order valence-electron chi connectivity index (χ3n) is 20.2. The van der Waals surface area contributed by atoms with Gasteiger partial charge >= 0.3 is 0 Å². The molecule has 0 aliphatic carbocycles. The Bertz CT molecular complexity index is 6210. The van der Waals surface area contributed by atoms with E-state index in [4.69, 9.17) is 51.9 Å². The van der Waals surface area contributed by atoms with Gasteiger partial charge in [-0.05, 0) is 72.8 Å². The quantitative estimate of drug-likeness (QED) is 0.0164. The highest BCUT2D eigenvalue weighted by atomic mass is 35.5. The minimum atomic E-state index is -1.19. The summed E-state index contributed by atoms with van der Waals surface area (Å²) in [6.45, 7) is 11.5. The fourth-order valence-corrected chi connectivity index (χ4v) is 14.5. The molecule has 135 heavy (non-hydrogen) atoms. The van der Waals surface area contributed by atoms with Crippen molar-refractivity contribution in [3.63, 3.8) is 0 Å². The van der Waals surface area contributed by atoms with E-state index in [1.54, 1.807) is 78.4 Å². The Morgan fingerprint density at radius 2 is 0.578 bits per heavy atom. The highest BCUT2D eigenvalue weighted by Crippen LogP contribution is 2.30. The van der Waals surface area contributed by atoms with E-state index in [1.165, 1.54) is 29.5 Å². The number of nitrogens with two attached hydrogens (primary N) is 5. The van der Waals surface area contributed by atoms with Gasteiger partial charge in [0.05, 0.1) is 52.0 Å². The molecular formula is C98H108Cl2N20O15. The first kappa shape index (κ1) is 105. The van der Waals surface area contributed by atoms with Gasteiger partial charge in [0.15, 0.2) is 0 Å². The molecule has 0 aliphatic rings. The molecule has 12 rings (SSSR count). The molecular weight excluding hydrogens is 1770 g/mol. The lowest BCUT2D eigenvalue weighted by Crippen LogP contribution is -2.47. The molecule has 0 saturated carbocycles. The highest BCUT2D eigenvalue weighted by molar-refractivity contribution is 6.40. The Balaban J connectivity index is 0.000000208. The van der Waals surface area contributed by atoms with Gasteiger partial charge in [0, 0.05) is 111 Å². The number of Topliss-reactive ketones (excluding diaryl/α,β-unsaturated/α-hetero) is 5. The molecule has 0 fully saturated rings. The molecule has 0 bridgehead atoms. The van der Waals surface area contributed by atoms with Crippen molar-refractivity contribution in [3.8, 4) is 56.3 Å². The van der Waals surface area contributed by atoms with Gasteiger partial charge in [-0.2, -0.15) is 25.5 Å². The average Bonchev–Trinajstić information content (AvgIpc) is 1.67. The fraction of sp³-hybridized carbons (Fsp3) is 0.265. The molecule has 704 valence electrons. The van der Waals surface area contributed by atoms with Crippen LogP contribution >= 0.6 is 23.2 Å². The summed E-state index contributed by atoms with van der Waals surface area (Å²) in [6.07, 6.45) is 11.2. The average molecular weight is 1880 g/mol. The number of nitrogens with zero attached hydrogens (tertiary/aromatic N) is 10. The Hall–Kier alpha value is -15.8. The number of rotatable bonds is 36. The molecule has 5 aromatic heterocycles. The number of halogens is 2. The summed E-state index contributed by atoms with van der Waals surface area (Å²) >= 11 is 12.0. The largest absolute Gasteiger partial charge is 0.363 e. The molecule has 12 aromatic rings. The Morgan fingerprint density at radius 1 is 0.333 bits per heavy atom. The van der Waals surface area contributed by atoms with Crippen molar-refractivity contribution in [2.24, 2.45) is 75.2 Å². The van der Waals surface area contributed by atoms with Crippen LogP contribution in [-0.4, -0.2) is 167 Å². The Kier molecular flexibility index (Phi) is 38.3. The van der Waals surface area contributed by atoms with Crippen LogP contribution in [0.25, 0.3) is 56.3 Å². The van der Waals surface area contributed by atoms with Crippen molar-refractivity contribution in [2.75, 3.05) is 0 Å². The van der Waals surface area contributed by atoms with Crippen LogP contribution in [0.2, 0.25) is 10.0 Å². The second-order valence-electron chi connectivity index (χ2n) is 33.0.